The topological polar surface area (TPSA) is 27.7 Å². The van der Waals surface area contributed by atoms with E-state index in [1.165, 1.54) is 0 Å². The lowest BCUT2D eigenvalue weighted by atomic mass is 10.2. The van der Waals surface area contributed by atoms with E-state index in [1.54, 1.807) is 0 Å². The Morgan fingerprint density at radius 1 is 1.53 bits per heavy atom. The van der Waals surface area contributed by atoms with Gasteiger partial charge in [0.2, 0.25) is 0 Å². The maximum Gasteiger partial charge on any atom is 0.0826 e. The van der Waals surface area contributed by atoms with Crippen molar-refractivity contribution in [3.05, 3.63) is 0 Å². The van der Waals surface area contributed by atoms with Crippen LogP contribution in [0.2, 0.25) is 0 Å². The lowest BCUT2D eigenvalue weighted by Gasteiger charge is -2.31. The monoisotopic (exact) mass is 215 g/mol. The fraction of sp³-hybridized carbons (Fsp3) is 1.00. The van der Waals surface area contributed by atoms with E-state index in [1.807, 2.05) is 0 Å². The maximum absolute atomic E-state index is 5.69. The number of likely N-dealkylation sites (N-methyl/N-ethyl adjacent to an activating group) is 2. The standard InChI is InChI=1S/C11H25N3O/c1-10(8-13(2)3)12-7-11-9-14(4)5-6-15-11/h10-12H,5-9H2,1-4H3. The van der Waals surface area contributed by atoms with Crippen LogP contribution in [0.3, 0.4) is 0 Å². The summed E-state index contributed by atoms with van der Waals surface area (Å²) < 4.78 is 5.69. The van der Waals surface area contributed by atoms with Gasteiger partial charge in [-0.05, 0) is 28.1 Å². The van der Waals surface area contributed by atoms with E-state index in [-0.39, 0.29) is 0 Å². The van der Waals surface area contributed by atoms with Gasteiger partial charge in [-0.25, -0.2) is 0 Å². The Hall–Kier alpha value is -0.160. The molecule has 1 saturated heterocycles. The predicted molar refractivity (Wildman–Crippen MR) is 63.3 cm³/mol. The fourth-order valence-corrected chi connectivity index (χ4v) is 1.94. The SMILES string of the molecule is CC(CN(C)C)NCC1CN(C)CCO1. The molecule has 0 radical (unpaired) electrons. The molecule has 90 valence electrons. The summed E-state index contributed by atoms with van der Waals surface area (Å²) in [6.45, 7) is 7.21. The van der Waals surface area contributed by atoms with E-state index in [2.05, 4.69) is 43.2 Å². The van der Waals surface area contributed by atoms with Gasteiger partial charge in [-0.2, -0.15) is 0 Å². The Bertz CT molecular complexity index is 175. The normalized spacial score (nSPS) is 25.8. The molecular formula is C11H25N3O. The van der Waals surface area contributed by atoms with Crippen molar-refractivity contribution in [3.8, 4) is 0 Å². The van der Waals surface area contributed by atoms with Gasteiger partial charge in [0, 0.05) is 32.2 Å². The molecule has 1 rings (SSSR count). The first-order valence-electron chi connectivity index (χ1n) is 5.76. The van der Waals surface area contributed by atoms with E-state index < -0.39 is 0 Å². The summed E-state index contributed by atoms with van der Waals surface area (Å²) >= 11 is 0. The second-order valence-corrected chi connectivity index (χ2v) is 4.83. The Balaban J connectivity index is 2.13. The highest BCUT2D eigenvalue weighted by molar-refractivity contribution is 4.73. The summed E-state index contributed by atoms with van der Waals surface area (Å²) in [5.74, 6) is 0. The average Bonchev–Trinajstić information content (AvgIpc) is 2.14. The van der Waals surface area contributed by atoms with Crippen LogP contribution in [0.25, 0.3) is 0 Å². The van der Waals surface area contributed by atoms with Gasteiger partial charge in [-0.1, -0.05) is 0 Å². The zero-order valence-corrected chi connectivity index (χ0v) is 10.5. The van der Waals surface area contributed by atoms with Gasteiger partial charge in [0.1, 0.15) is 0 Å². The van der Waals surface area contributed by atoms with Crippen LogP contribution < -0.4 is 5.32 Å². The first-order valence-corrected chi connectivity index (χ1v) is 5.76. The molecule has 0 aromatic carbocycles. The minimum Gasteiger partial charge on any atom is -0.374 e. The van der Waals surface area contributed by atoms with E-state index in [0.29, 0.717) is 12.1 Å². The average molecular weight is 215 g/mol. The summed E-state index contributed by atoms with van der Waals surface area (Å²) in [5, 5.41) is 3.51. The highest BCUT2D eigenvalue weighted by atomic mass is 16.5. The second-order valence-electron chi connectivity index (χ2n) is 4.83. The van der Waals surface area contributed by atoms with Gasteiger partial charge >= 0.3 is 0 Å². The van der Waals surface area contributed by atoms with Crippen LogP contribution in [0.15, 0.2) is 0 Å². The molecule has 2 unspecified atom stereocenters. The van der Waals surface area contributed by atoms with Crippen molar-refractivity contribution in [1.82, 2.24) is 15.1 Å². The van der Waals surface area contributed by atoms with Crippen molar-refractivity contribution in [1.29, 1.82) is 0 Å². The van der Waals surface area contributed by atoms with E-state index in [4.69, 9.17) is 4.74 Å². The number of rotatable bonds is 5. The Morgan fingerprint density at radius 2 is 2.27 bits per heavy atom. The highest BCUT2D eigenvalue weighted by Gasteiger charge is 2.17. The van der Waals surface area contributed by atoms with Crippen molar-refractivity contribution in [2.45, 2.75) is 19.1 Å². The van der Waals surface area contributed by atoms with Gasteiger partial charge in [0.15, 0.2) is 0 Å². The third-order valence-corrected chi connectivity index (χ3v) is 2.67. The molecular weight excluding hydrogens is 190 g/mol. The van der Waals surface area contributed by atoms with Crippen molar-refractivity contribution in [3.63, 3.8) is 0 Å². The van der Waals surface area contributed by atoms with E-state index >= 15 is 0 Å². The van der Waals surface area contributed by atoms with Crippen molar-refractivity contribution in [2.24, 2.45) is 0 Å². The summed E-state index contributed by atoms with van der Waals surface area (Å²) in [5.41, 5.74) is 0. The summed E-state index contributed by atoms with van der Waals surface area (Å²) in [6.07, 6.45) is 0.355. The van der Waals surface area contributed by atoms with Crippen LogP contribution in [-0.4, -0.2) is 75.9 Å². The van der Waals surface area contributed by atoms with Crippen LogP contribution in [0.5, 0.6) is 0 Å². The number of hydrogen-bond acceptors (Lipinski definition) is 4. The Labute approximate surface area is 93.6 Å². The maximum atomic E-state index is 5.69. The molecule has 15 heavy (non-hydrogen) atoms. The lowest BCUT2D eigenvalue weighted by Crippen LogP contribution is -2.47. The lowest BCUT2D eigenvalue weighted by molar-refractivity contribution is -0.0193. The fourth-order valence-electron chi connectivity index (χ4n) is 1.94. The first kappa shape index (κ1) is 12.9. The Morgan fingerprint density at radius 3 is 2.87 bits per heavy atom. The molecule has 4 heteroatoms. The summed E-state index contributed by atoms with van der Waals surface area (Å²) in [6, 6.07) is 0.524. The number of nitrogens with one attached hydrogen (secondary N) is 1. The van der Waals surface area contributed by atoms with Gasteiger partial charge in [0.25, 0.3) is 0 Å². The molecule has 1 fully saturated rings. The van der Waals surface area contributed by atoms with Gasteiger partial charge in [0.05, 0.1) is 12.7 Å². The number of morpholine rings is 1. The van der Waals surface area contributed by atoms with Gasteiger partial charge < -0.3 is 19.9 Å². The summed E-state index contributed by atoms with van der Waals surface area (Å²) in [7, 11) is 6.35. The van der Waals surface area contributed by atoms with E-state index in [9.17, 15) is 0 Å². The third-order valence-electron chi connectivity index (χ3n) is 2.67. The number of hydrogen-bond donors (Lipinski definition) is 1. The molecule has 0 spiro atoms. The zero-order chi connectivity index (χ0) is 11.3. The molecule has 4 nitrogen and oxygen atoms in total. The smallest absolute Gasteiger partial charge is 0.0826 e. The highest BCUT2D eigenvalue weighted by Crippen LogP contribution is 2.01. The van der Waals surface area contributed by atoms with Crippen LogP contribution in [0.4, 0.5) is 0 Å². The number of nitrogens with zero attached hydrogens (tertiary/aromatic N) is 2. The molecule has 0 amide bonds. The van der Waals surface area contributed by atoms with Crippen LogP contribution in [-0.2, 0) is 4.74 Å². The minimum atomic E-state index is 0.355. The molecule has 2 atom stereocenters. The van der Waals surface area contributed by atoms with Gasteiger partial charge in [-0.3, -0.25) is 0 Å². The second kappa shape index (κ2) is 6.43. The van der Waals surface area contributed by atoms with Crippen LogP contribution >= 0.6 is 0 Å². The van der Waals surface area contributed by atoms with Crippen molar-refractivity contribution < 1.29 is 4.74 Å². The number of ether oxygens (including phenoxy) is 1. The third kappa shape index (κ3) is 5.47. The summed E-state index contributed by atoms with van der Waals surface area (Å²) in [4.78, 5) is 4.53. The first-order chi connectivity index (χ1) is 7.08. The molecule has 0 aliphatic carbocycles. The predicted octanol–water partition coefficient (Wildman–Crippen LogP) is -0.143. The molecule has 1 aliphatic rings. The van der Waals surface area contributed by atoms with Crippen LogP contribution in [0, 0.1) is 0 Å². The minimum absolute atomic E-state index is 0.355. The molecule has 0 bridgehead atoms. The zero-order valence-electron chi connectivity index (χ0n) is 10.5. The Kier molecular flexibility index (Phi) is 5.53. The molecule has 1 N–H and O–H groups in total. The molecule has 0 aromatic rings. The van der Waals surface area contributed by atoms with E-state index in [0.717, 1.165) is 32.8 Å². The van der Waals surface area contributed by atoms with Crippen molar-refractivity contribution >= 4 is 0 Å². The molecule has 0 saturated carbocycles. The molecule has 0 aromatic heterocycles. The van der Waals surface area contributed by atoms with Gasteiger partial charge in [-0.15, -0.1) is 0 Å². The quantitative estimate of drug-likeness (QED) is 0.691. The van der Waals surface area contributed by atoms with Crippen molar-refractivity contribution in [2.75, 3.05) is 53.9 Å². The largest absolute Gasteiger partial charge is 0.374 e. The molecule has 1 heterocycles. The molecule has 1 aliphatic heterocycles. The van der Waals surface area contributed by atoms with Crippen LogP contribution in [0.1, 0.15) is 6.92 Å².